The molecule has 0 aromatic rings. The molecule has 5 unspecified atom stereocenters. The van der Waals surface area contributed by atoms with Crippen molar-refractivity contribution in [3.8, 4) is 0 Å². The number of primary amides is 1. The molecule has 0 aliphatic heterocycles. The predicted molar refractivity (Wildman–Crippen MR) is 129 cm³/mol. The minimum atomic E-state index is -1.47. The van der Waals surface area contributed by atoms with Crippen molar-refractivity contribution >= 4 is 47.3 Å². The number of thioether (sulfide) groups is 1. The van der Waals surface area contributed by atoms with Crippen LogP contribution in [0.15, 0.2) is 0 Å². The van der Waals surface area contributed by atoms with Gasteiger partial charge >= 0.3 is 11.9 Å². The molecule has 200 valence electrons. The molecule has 14 heteroatoms. The third-order valence-corrected chi connectivity index (χ3v) is 6.02. The highest BCUT2D eigenvalue weighted by molar-refractivity contribution is 7.98. The molecule has 0 bridgehead atoms. The number of hydrogen-bond acceptors (Lipinski definition) is 8. The Labute approximate surface area is 208 Å². The SMILES string of the molecule is CCC(C)C(N)C(=O)NC(CCSC)C(=O)NC(CCC(=O)O)C(=O)NC(CCC(N)=O)C(=O)O. The minimum Gasteiger partial charge on any atom is -0.481 e. The number of nitrogens with two attached hydrogens (primary N) is 2. The van der Waals surface area contributed by atoms with Crippen molar-refractivity contribution < 1.29 is 39.0 Å². The summed E-state index contributed by atoms with van der Waals surface area (Å²) in [5.41, 5.74) is 11.0. The molecule has 0 aliphatic rings. The zero-order valence-corrected chi connectivity index (χ0v) is 21.1. The number of rotatable bonds is 18. The second-order valence-corrected chi connectivity index (χ2v) is 9.14. The molecule has 0 aromatic carbocycles. The van der Waals surface area contributed by atoms with Crippen LogP contribution in [0.3, 0.4) is 0 Å². The van der Waals surface area contributed by atoms with Gasteiger partial charge < -0.3 is 37.6 Å². The number of carboxylic acids is 2. The van der Waals surface area contributed by atoms with Crippen LogP contribution in [0, 0.1) is 5.92 Å². The second kappa shape index (κ2) is 16.7. The van der Waals surface area contributed by atoms with Gasteiger partial charge in [-0.1, -0.05) is 20.3 Å². The van der Waals surface area contributed by atoms with Gasteiger partial charge in [-0.15, -0.1) is 0 Å². The number of aliphatic carboxylic acids is 2. The van der Waals surface area contributed by atoms with Gasteiger partial charge in [0, 0.05) is 12.8 Å². The Bertz CT molecular complexity index is 766. The van der Waals surface area contributed by atoms with Crippen molar-refractivity contribution in [2.24, 2.45) is 17.4 Å². The first-order valence-electron chi connectivity index (χ1n) is 11.2. The third-order valence-electron chi connectivity index (χ3n) is 5.38. The van der Waals surface area contributed by atoms with E-state index in [9.17, 15) is 33.9 Å². The van der Waals surface area contributed by atoms with Gasteiger partial charge in [-0.2, -0.15) is 11.8 Å². The zero-order chi connectivity index (χ0) is 27.1. The molecule has 0 rings (SSSR count). The van der Waals surface area contributed by atoms with Gasteiger partial charge in [0.1, 0.15) is 18.1 Å². The van der Waals surface area contributed by atoms with Gasteiger partial charge in [0.25, 0.3) is 0 Å². The van der Waals surface area contributed by atoms with E-state index in [-0.39, 0.29) is 31.6 Å². The molecule has 4 amide bonds. The monoisotopic (exact) mass is 519 g/mol. The Morgan fingerprint density at radius 3 is 1.77 bits per heavy atom. The number of amides is 4. The standard InChI is InChI=1S/C21H37N5O8S/c1-4-11(2)17(23)20(32)25-13(9-10-35-3)19(31)24-12(6-8-16(28)29)18(30)26-14(21(33)34)5-7-15(22)27/h11-14,17H,4-10,23H2,1-3H3,(H2,22,27)(H,24,31)(H,25,32)(H,26,30)(H,28,29)(H,33,34). The summed E-state index contributed by atoms with van der Waals surface area (Å²) in [7, 11) is 0. The smallest absolute Gasteiger partial charge is 0.326 e. The minimum absolute atomic E-state index is 0.137. The molecule has 0 radical (unpaired) electrons. The topological polar surface area (TPSA) is 231 Å². The number of hydrogen-bond donors (Lipinski definition) is 7. The van der Waals surface area contributed by atoms with Crippen LogP contribution in [0.1, 0.15) is 52.4 Å². The van der Waals surface area contributed by atoms with Crippen LogP contribution in [0.25, 0.3) is 0 Å². The maximum Gasteiger partial charge on any atom is 0.326 e. The molecule has 0 spiro atoms. The van der Waals surface area contributed by atoms with Gasteiger partial charge in [0.2, 0.25) is 23.6 Å². The van der Waals surface area contributed by atoms with Crippen molar-refractivity contribution in [3.63, 3.8) is 0 Å². The lowest BCUT2D eigenvalue weighted by atomic mass is 9.99. The van der Waals surface area contributed by atoms with Crippen LogP contribution in [-0.2, 0) is 28.8 Å². The van der Waals surface area contributed by atoms with Gasteiger partial charge in [-0.25, -0.2) is 4.79 Å². The molecule has 0 fully saturated rings. The number of carbonyl (C=O) groups is 6. The summed E-state index contributed by atoms with van der Waals surface area (Å²) in [6.45, 7) is 3.67. The summed E-state index contributed by atoms with van der Waals surface area (Å²) in [5, 5.41) is 25.5. The Morgan fingerprint density at radius 2 is 1.31 bits per heavy atom. The zero-order valence-electron chi connectivity index (χ0n) is 20.2. The first-order valence-corrected chi connectivity index (χ1v) is 12.6. The average molecular weight is 520 g/mol. The Kier molecular flexibility index (Phi) is 15.3. The van der Waals surface area contributed by atoms with Crippen molar-refractivity contribution in [2.45, 2.75) is 76.5 Å². The fourth-order valence-electron chi connectivity index (χ4n) is 2.91. The van der Waals surface area contributed by atoms with E-state index in [4.69, 9.17) is 16.6 Å². The van der Waals surface area contributed by atoms with Crippen molar-refractivity contribution in [2.75, 3.05) is 12.0 Å². The van der Waals surface area contributed by atoms with Gasteiger partial charge in [-0.05, 0) is 37.2 Å². The molecule has 0 aliphatic carbocycles. The normalized spacial score (nSPS) is 15.1. The molecule has 0 saturated carbocycles. The lowest BCUT2D eigenvalue weighted by Crippen LogP contribution is -2.57. The van der Waals surface area contributed by atoms with E-state index >= 15 is 0 Å². The summed E-state index contributed by atoms with van der Waals surface area (Å²) in [4.78, 5) is 71.7. The summed E-state index contributed by atoms with van der Waals surface area (Å²) < 4.78 is 0. The molecule has 35 heavy (non-hydrogen) atoms. The Morgan fingerprint density at radius 1 is 0.829 bits per heavy atom. The van der Waals surface area contributed by atoms with Gasteiger partial charge in [-0.3, -0.25) is 24.0 Å². The van der Waals surface area contributed by atoms with E-state index in [0.29, 0.717) is 12.2 Å². The first kappa shape index (κ1) is 32.1. The van der Waals surface area contributed by atoms with E-state index in [2.05, 4.69) is 16.0 Å². The highest BCUT2D eigenvalue weighted by Crippen LogP contribution is 2.09. The molecule has 9 N–H and O–H groups in total. The fraction of sp³-hybridized carbons (Fsp3) is 0.714. The quantitative estimate of drug-likeness (QED) is 0.114. The lowest BCUT2D eigenvalue weighted by Gasteiger charge is -2.26. The molecule has 5 atom stereocenters. The highest BCUT2D eigenvalue weighted by atomic mass is 32.2. The van der Waals surface area contributed by atoms with Crippen LogP contribution < -0.4 is 27.4 Å². The molecule has 0 heterocycles. The van der Waals surface area contributed by atoms with Crippen LogP contribution in [-0.4, -0.2) is 82.0 Å². The maximum atomic E-state index is 13.0. The van der Waals surface area contributed by atoms with Crippen molar-refractivity contribution in [1.82, 2.24) is 16.0 Å². The molecule has 13 nitrogen and oxygen atoms in total. The summed E-state index contributed by atoms with van der Waals surface area (Å²) in [6.07, 6.45) is 1.27. The fourth-order valence-corrected chi connectivity index (χ4v) is 3.38. The van der Waals surface area contributed by atoms with Crippen molar-refractivity contribution in [1.29, 1.82) is 0 Å². The number of carbonyl (C=O) groups excluding carboxylic acids is 4. The van der Waals surface area contributed by atoms with E-state index in [1.165, 1.54) is 11.8 Å². The van der Waals surface area contributed by atoms with Crippen LogP contribution in [0.2, 0.25) is 0 Å². The second-order valence-electron chi connectivity index (χ2n) is 8.15. The van der Waals surface area contributed by atoms with Gasteiger partial charge in [0.15, 0.2) is 0 Å². The van der Waals surface area contributed by atoms with Crippen LogP contribution in [0.4, 0.5) is 0 Å². The van der Waals surface area contributed by atoms with E-state index in [1.54, 1.807) is 6.92 Å². The Balaban J connectivity index is 5.58. The van der Waals surface area contributed by atoms with E-state index in [0.717, 1.165) is 0 Å². The van der Waals surface area contributed by atoms with Gasteiger partial charge in [0.05, 0.1) is 6.04 Å². The molecular formula is C21H37N5O8S. The number of carboxylic acid groups (broad SMARTS) is 2. The maximum absolute atomic E-state index is 13.0. The summed E-state index contributed by atoms with van der Waals surface area (Å²) in [6, 6.07) is -4.77. The molecule has 0 aromatic heterocycles. The molecular weight excluding hydrogens is 482 g/mol. The number of nitrogens with one attached hydrogen (secondary N) is 3. The van der Waals surface area contributed by atoms with E-state index < -0.39 is 66.2 Å². The molecule has 0 saturated heterocycles. The van der Waals surface area contributed by atoms with Crippen molar-refractivity contribution in [3.05, 3.63) is 0 Å². The van der Waals surface area contributed by atoms with Crippen LogP contribution >= 0.6 is 11.8 Å². The summed E-state index contributed by atoms with van der Waals surface area (Å²) in [5.74, 6) is -5.27. The Hall–Kier alpha value is -2.87. The third kappa shape index (κ3) is 13.0. The summed E-state index contributed by atoms with van der Waals surface area (Å²) >= 11 is 1.43. The predicted octanol–water partition coefficient (Wildman–Crippen LogP) is -1.22. The largest absolute Gasteiger partial charge is 0.481 e. The average Bonchev–Trinajstić information content (AvgIpc) is 2.79. The van der Waals surface area contributed by atoms with E-state index in [1.807, 2.05) is 13.2 Å². The lowest BCUT2D eigenvalue weighted by molar-refractivity contribution is -0.143. The van der Waals surface area contributed by atoms with Crippen LogP contribution in [0.5, 0.6) is 0 Å². The first-order chi connectivity index (χ1) is 16.3. The highest BCUT2D eigenvalue weighted by Gasteiger charge is 2.31.